The fourth-order valence-electron chi connectivity index (χ4n) is 2.23. The number of carboxylic acids is 1. The Morgan fingerprint density at radius 3 is 2.20 bits per heavy atom. The fraction of sp³-hybridized carbons (Fsp3) is 0.500. The summed E-state index contributed by atoms with van der Waals surface area (Å²) in [5.41, 5.74) is -0.193. The highest BCUT2D eigenvalue weighted by Gasteiger charge is 2.54. The third kappa shape index (κ3) is 4.32. The molecule has 1 unspecified atom stereocenters. The molecule has 1 heterocycles. The second kappa shape index (κ2) is 7.45. The van der Waals surface area contributed by atoms with Crippen molar-refractivity contribution in [2.24, 2.45) is 0 Å². The van der Waals surface area contributed by atoms with Crippen LogP contribution in [0.5, 0.6) is 5.75 Å². The molecule has 1 aromatic rings. The Hall–Kier alpha value is -2.05. The number of fused-ring (bicyclic) bond motifs is 1. The summed E-state index contributed by atoms with van der Waals surface area (Å²) in [5, 5.41) is 9.04. The highest BCUT2D eigenvalue weighted by Crippen LogP contribution is 2.40. The van der Waals surface area contributed by atoms with Crippen molar-refractivity contribution in [1.29, 1.82) is 0 Å². The standard InChI is InChI=1S/C16H16F4O3.C2H6/c1-15(2,3)9-5-4-8-6-10(13(21)22)12(23-11(8)7-9)16(19,20)14(17)18;1-2/h4-7,12,14H,1-3H3,(H,21,22);1-2H3. The van der Waals surface area contributed by atoms with Crippen LogP contribution in [0.2, 0.25) is 0 Å². The van der Waals surface area contributed by atoms with Crippen LogP contribution in [-0.2, 0) is 10.2 Å². The average molecular weight is 362 g/mol. The molecular weight excluding hydrogens is 340 g/mol. The van der Waals surface area contributed by atoms with Crippen LogP contribution >= 0.6 is 0 Å². The van der Waals surface area contributed by atoms with E-state index in [0.717, 1.165) is 11.6 Å². The maximum absolute atomic E-state index is 13.7. The van der Waals surface area contributed by atoms with Crippen LogP contribution in [0.15, 0.2) is 23.8 Å². The summed E-state index contributed by atoms with van der Waals surface area (Å²) in [4.78, 5) is 11.1. The molecule has 1 aromatic carbocycles. The van der Waals surface area contributed by atoms with Gasteiger partial charge in [0.25, 0.3) is 0 Å². The summed E-state index contributed by atoms with van der Waals surface area (Å²) < 4.78 is 57.6. The van der Waals surface area contributed by atoms with Crippen LogP contribution in [0.1, 0.15) is 45.7 Å². The Balaban J connectivity index is 0.00000151. The number of hydrogen-bond acceptors (Lipinski definition) is 2. The first kappa shape index (κ1) is 21.0. The van der Waals surface area contributed by atoms with Crippen molar-refractivity contribution in [2.75, 3.05) is 0 Å². The van der Waals surface area contributed by atoms with Crippen molar-refractivity contribution in [1.82, 2.24) is 0 Å². The van der Waals surface area contributed by atoms with Gasteiger partial charge in [0.05, 0.1) is 5.57 Å². The summed E-state index contributed by atoms with van der Waals surface area (Å²) in [6, 6.07) is 4.71. The Labute approximate surface area is 144 Å². The molecule has 0 aliphatic carbocycles. The average Bonchev–Trinajstić information content (AvgIpc) is 2.53. The number of ether oxygens (including phenoxy) is 1. The zero-order valence-corrected chi connectivity index (χ0v) is 14.7. The van der Waals surface area contributed by atoms with E-state index in [-0.39, 0.29) is 16.7 Å². The van der Waals surface area contributed by atoms with Crippen molar-refractivity contribution in [3.8, 4) is 5.75 Å². The molecule has 0 spiro atoms. The van der Waals surface area contributed by atoms with Crippen LogP contribution in [-0.4, -0.2) is 29.5 Å². The van der Waals surface area contributed by atoms with Crippen molar-refractivity contribution in [2.45, 2.75) is 58.5 Å². The third-order valence-electron chi connectivity index (χ3n) is 3.61. The van der Waals surface area contributed by atoms with Crippen LogP contribution in [0.4, 0.5) is 17.6 Å². The van der Waals surface area contributed by atoms with Crippen LogP contribution in [0.25, 0.3) is 6.08 Å². The van der Waals surface area contributed by atoms with E-state index in [1.807, 2.05) is 34.6 Å². The van der Waals surface area contributed by atoms with E-state index in [1.165, 1.54) is 12.1 Å². The predicted molar refractivity (Wildman–Crippen MR) is 87.5 cm³/mol. The van der Waals surface area contributed by atoms with Crippen LogP contribution in [0.3, 0.4) is 0 Å². The predicted octanol–water partition coefficient (Wildman–Crippen LogP) is 5.14. The van der Waals surface area contributed by atoms with Crippen molar-refractivity contribution in [3.05, 3.63) is 34.9 Å². The zero-order chi connectivity index (χ0) is 19.6. The molecule has 25 heavy (non-hydrogen) atoms. The second-order valence-corrected chi connectivity index (χ2v) is 6.38. The molecule has 0 amide bonds. The minimum absolute atomic E-state index is 0.0345. The van der Waals surface area contributed by atoms with Gasteiger partial charge in [-0.05, 0) is 23.1 Å². The number of aliphatic carboxylic acids is 1. The molecule has 1 aliphatic heterocycles. The van der Waals surface area contributed by atoms with Gasteiger partial charge in [0.1, 0.15) is 5.75 Å². The molecule has 1 aliphatic rings. The smallest absolute Gasteiger partial charge is 0.347 e. The minimum atomic E-state index is -4.61. The monoisotopic (exact) mass is 362 g/mol. The summed E-state index contributed by atoms with van der Waals surface area (Å²) in [7, 11) is 0. The van der Waals surface area contributed by atoms with Crippen LogP contribution < -0.4 is 4.74 Å². The number of carbonyl (C=O) groups is 1. The SMILES string of the molecule is CC.CC(C)(C)c1ccc2c(c1)OC(C(F)(F)C(F)F)C(C(=O)O)=C2. The normalized spacial score (nSPS) is 17.0. The molecule has 0 aromatic heterocycles. The Morgan fingerprint density at radius 1 is 1.20 bits per heavy atom. The lowest BCUT2D eigenvalue weighted by atomic mass is 9.85. The van der Waals surface area contributed by atoms with Gasteiger partial charge in [-0.25, -0.2) is 13.6 Å². The largest absolute Gasteiger partial charge is 0.478 e. The molecule has 3 nitrogen and oxygen atoms in total. The Morgan fingerprint density at radius 2 is 1.76 bits per heavy atom. The van der Waals surface area contributed by atoms with E-state index in [9.17, 15) is 22.4 Å². The van der Waals surface area contributed by atoms with Gasteiger partial charge >= 0.3 is 18.3 Å². The number of alkyl halides is 4. The van der Waals surface area contributed by atoms with Gasteiger partial charge in [-0.15, -0.1) is 0 Å². The van der Waals surface area contributed by atoms with Gasteiger partial charge in [-0.1, -0.05) is 46.8 Å². The topological polar surface area (TPSA) is 46.5 Å². The first-order chi connectivity index (χ1) is 11.4. The van der Waals surface area contributed by atoms with E-state index in [2.05, 4.69) is 0 Å². The van der Waals surface area contributed by atoms with E-state index < -0.39 is 30.0 Å². The second-order valence-electron chi connectivity index (χ2n) is 6.38. The number of carboxylic acid groups (broad SMARTS) is 1. The van der Waals surface area contributed by atoms with E-state index >= 15 is 0 Å². The van der Waals surface area contributed by atoms with Gasteiger partial charge in [-0.2, -0.15) is 8.78 Å². The molecule has 1 atom stereocenters. The molecule has 7 heteroatoms. The minimum Gasteiger partial charge on any atom is -0.478 e. The molecule has 0 saturated heterocycles. The number of hydrogen-bond donors (Lipinski definition) is 1. The Bertz CT molecular complexity index is 661. The van der Waals surface area contributed by atoms with Crippen molar-refractivity contribution < 1.29 is 32.2 Å². The first-order valence-corrected chi connectivity index (χ1v) is 7.86. The van der Waals surface area contributed by atoms with Gasteiger partial charge < -0.3 is 9.84 Å². The lowest BCUT2D eigenvalue weighted by Gasteiger charge is -2.31. The molecule has 0 radical (unpaired) electrons. The molecule has 2 rings (SSSR count). The zero-order valence-electron chi connectivity index (χ0n) is 14.7. The lowest BCUT2D eigenvalue weighted by Crippen LogP contribution is -2.47. The van der Waals surface area contributed by atoms with Gasteiger partial charge in [0, 0.05) is 5.56 Å². The van der Waals surface area contributed by atoms with Crippen molar-refractivity contribution >= 4 is 12.0 Å². The number of benzene rings is 1. The van der Waals surface area contributed by atoms with E-state index in [1.54, 1.807) is 6.07 Å². The highest BCUT2D eigenvalue weighted by atomic mass is 19.3. The van der Waals surface area contributed by atoms with Gasteiger partial charge in [-0.3, -0.25) is 0 Å². The maximum Gasteiger partial charge on any atom is 0.347 e. The number of halogens is 4. The Kier molecular flexibility index (Phi) is 6.26. The third-order valence-corrected chi connectivity index (χ3v) is 3.61. The number of rotatable bonds is 3. The molecule has 1 N–H and O–H groups in total. The van der Waals surface area contributed by atoms with Gasteiger partial charge in [0.2, 0.25) is 0 Å². The summed E-state index contributed by atoms with van der Waals surface area (Å²) in [6.45, 7) is 9.67. The van der Waals surface area contributed by atoms with Gasteiger partial charge in [0.15, 0.2) is 6.10 Å². The summed E-state index contributed by atoms with van der Waals surface area (Å²) >= 11 is 0. The lowest BCUT2D eigenvalue weighted by molar-refractivity contribution is -0.177. The van der Waals surface area contributed by atoms with Crippen molar-refractivity contribution in [3.63, 3.8) is 0 Å². The molecule has 140 valence electrons. The molecular formula is C18H22F4O3. The quantitative estimate of drug-likeness (QED) is 0.758. The van der Waals surface area contributed by atoms with E-state index in [4.69, 9.17) is 9.84 Å². The van der Waals surface area contributed by atoms with Crippen LogP contribution in [0, 0.1) is 0 Å². The molecule has 0 saturated carbocycles. The highest BCUT2D eigenvalue weighted by molar-refractivity contribution is 5.95. The molecule has 0 bridgehead atoms. The summed E-state index contributed by atoms with van der Waals surface area (Å²) in [5.74, 6) is -6.37. The van der Waals surface area contributed by atoms with E-state index in [0.29, 0.717) is 0 Å². The molecule has 0 fully saturated rings. The first-order valence-electron chi connectivity index (χ1n) is 7.86. The maximum atomic E-state index is 13.7. The summed E-state index contributed by atoms with van der Waals surface area (Å²) in [6.07, 6.45) is -5.63. The fourth-order valence-corrected chi connectivity index (χ4v) is 2.23.